The van der Waals surface area contributed by atoms with Crippen LogP contribution in [0.15, 0.2) is 12.1 Å². The first-order valence-electron chi connectivity index (χ1n) is 5.50. The predicted octanol–water partition coefficient (Wildman–Crippen LogP) is 3.67. The molecule has 1 heterocycles. The molecule has 0 amide bonds. The van der Waals surface area contributed by atoms with Crippen molar-refractivity contribution < 1.29 is 5.11 Å². The number of thiophene rings is 1. The molecule has 1 nitrogen and oxygen atoms in total. The summed E-state index contributed by atoms with van der Waals surface area (Å²) in [5.74, 6) is 0.771. The van der Waals surface area contributed by atoms with E-state index in [1.807, 2.05) is 0 Å². The average Bonchev–Trinajstić information content (AvgIpc) is 2.75. The topological polar surface area (TPSA) is 20.2 Å². The average molecular weight is 210 g/mol. The highest BCUT2D eigenvalue weighted by Crippen LogP contribution is 2.34. The van der Waals surface area contributed by atoms with Gasteiger partial charge in [-0.15, -0.1) is 11.3 Å². The summed E-state index contributed by atoms with van der Waals surface area (Å²) in [5, 5.41) is 10.0. The van der Waals surface area contributed by atoms with Gasteiger partial charge in [0.15, 0.2) is 0 Å². The smallest absolute Gasteiger partial charge is 0.0884 e. The minimum Gasteiger partial charge on any atom is -0.388 e. The Morgan fingerprint density at radius 1 is 1.43 bits per heavy atom. The van der Waals surface area contributed by atoms with Gasteiger partial charge in [-0.25, -0.2) is 0 Å². The summed E-state index contributed by atoms with van der Waals surface area (Å²) in [7, 11) is 0. The predicted molar refractivity (Wildman–Crippen MR) is 60.6 cm³/mol. The quantitative estimate of drug-likeness (QED) is 0.807. The van der Waals surface area contributed by atoms with Crippen molar-refractivity contribution in [1.29, 1.82) is 0 Å². The van der Waals surface area contributed by atoms with Crippen molar-refractivity contribution >= 4 is 11.3 Å². The van der Waals surface area contributed by atoms with Crippen molar-refractivity contribution in [3.05, 3.63) is 21.9 Å². The van der Waals surface area contributed by atoms with Gasteiger partial charge in [0.2, 0.25) is 0 Å². The van der Waals surface area contributed by atoms with Crippen molar-refractivity contribution in [3.63, 3.8) is 0 Å². The minimum absolute atomic E-state index is 0.211. The van der Waals surface area contributed by atoms with Crippen LogP contribution in [-0.4, -0.2) is 5.11 Å². The standard InChI is InChI=1S/C12H18OS/c1-9-6-7-12(14-9)11(13)8-10-4-2-3-5-10/h6-7,10-11,13H,2-5,8H2,1H3. The van der Waals surface area contributed by atoms with Gasteiger partial charge in [-0.3, -0.25) is 0 Å². The van der Waals surface area contributed by atoms with Crippen LogP contribution >= 0.6 is 11.3 Å². The van der Waals surface area contributed by atoms with E-state index in [9.17, 15) is 5.11 Å². The van der Waals surface area contributed by atoms with E-state index in [0.29, 0.717) is 0 Å². The molecule has 0 spiro atoms. The fraction of sp³-hybridized carbons (Fsp3) is 0.667. The van der Waals surface area contributed by atoms with Crippen LogP contribution in [0, 0.1) is 12.8 Å². The van der Waals surface area contributed by atoms with Gasteiger partial charge in [0.25, 0.3) is 0 Å². The molecule has 0 aromatic carbocycles. The lowest BCUT2D eigenvalue weighted by atomic mass is 9.99. The van der Waals surface area contributed by atoms with Crippen LogP contribution in [0.25, 0.3) is 0 Å². The Kier molecular flexibility index (Phi) is 3.24. The summed E-state index contributed by atoms with van der Waals surface area (Å²) >= 11 is 1.73. The van der Waals surface area contributed by atoms with Crippen molar-refractivity contribution in [2.75, 3.05) is 0 Å². The van der Waals surface area contributed by atoms with Gasteiger partial charge >= 0.3 is 0 Å². The molecule has 1 aromatic rings. The maximum absolute atomic E-state index is 10.0. The van der Waals surface area contributed by atoms with E-state index in [1.165, 1.54) is 30.6 Å². The first-order chi connectivity index (χ1) is 6.75. The second-order valence-corrected chi connectivity index (χ2v) is 5.67. The van der Waals surface area contributed by atoms with Crippen molar-refractivity contribution in [2.45, 2.75) is 45.1 Å². The molecule has 1 unspecified atom stereocenters. The Balaban J connectivity index is 1.91. The van der Waals surface area contributed by atoms with Crippen LogP contribution in [0.5, 0.6) is 0 Å². The van der Waals surface area contributed by atoms with Gasteiger partial charge in [0.05, 0.1) is 6.10 Å². The van der Waals surface area contributed by atoms with E-state index in [1.54, 1.807) is 11.3 Å². The van der Waals surface area contributed by atoms with Gasteiger partial charge in [0, 0.05) is 9.75 Å². The van der Waals surface area contributed by atoms with E-state index < -0.39 is 0 Å². The number of aryl methyl sites for hydroxylation is 1. The number of hydrogen-bond donors (Lipinski definition) is 1. The molecular weight excluding hydrogens is 192 g/mol. The molecule has 1 aromatic heterocycles. The Labute approximate surface area is 89.8 Å². The van der Waals surface area contributed by atoms with Crippen molar-refractivity contribution in [1.82, 2.24) is 0 Å². The van der Waals surface area contributed by atoms with E-state index in [4.69, 9.17) is 0 Å². The number of rotatable bonds is 3. The highest BCUT2D eigenvalue weighted by molar-refractivity contribution is 7.11. The van der Waals surface area contributed by atoms with E-state index in [2.05, 4.69) is 19.1 Å². The molecule has 78 valence electrons. The van der Waals surface area contributed by atoms with E-state index in [-0.39, 0.29) is 6.10 Å². The second-order valence-electron chi connectivity index (χ2n) is 4.35. The first-order valence-corrected chi connectivity index (χ1v) is 6.32. The van der Waals surface area contributed by atoms with Crippen LogP contribution in [0.3, 0.4) is 0 Å². The third-order valence-corrected chi connectivity index (χ3v) is 4.22. The summed E-state index contributed by atoms with van der Waals surface area (Å²) in [6.07, 6.45) is 6.13. The fourth-order valence-corrected chi connectivity index (χ4v) is 3.19. The summed E-state index contributed by atoms with van der Waals surface area (Å²) in [6.45, 7) is 2.09. The molecule has 0 aliphatic heterocycles. The SMILES string of the molecule is Cc1ccc(C(O)CC2CCCC2)s1. The largest absolute Gasteiger partial charge is 0.388 e. The van der Waals surface area contributed by atoms with E-state index in [0.717, 1.165) is 17.2 Å². The molecule has 1 fully saturated rings. The molecule has 1 aliphatic rings. The maximum Gasteiger partial charge on any atom is 0.0884 e. The normalized spacial score (nSPS) is 20.1. The maximum atomic E-state index is 10.0. The highest BCUT2D eigenvalue weighted by atomic mass is 32.1. The zero-order valence-corrected chi connectivity index (χ0v) is 9.52. The molecule has 1 saturated carbocycles. The van der Waals surface area contributed by atoms with Crippen LogP contribution in [-0.2, 0) is 0 Å². The van der Waals surface area contributed by atoms with Crippen LogP contribution in [0.4, 0.5) is 0 Å². The van der Waals surface area contributed by atoms with Gasteiger partial charge in [-0.1, -0.05) is 25.7 Å². The third-order valence-electron chi connectivity index (χ3n) is 3.12. The zero-order chi connectivity index (χ0) is 9.97. The Bertz CT molecular complexity index is 286. The third kappa shape index (κ3) is 2.37. The molecular formula is C12H18OS. The van der Waals surface area contributed by atoms with Gasteiger partial charge in [-0.05, 0) is 31.4 Å². The van der Waals surface area contributed by atoms with Crippen molar-refractivity contribution in [3.8, 4) is 0 Å². The summed E-state index contributed by atoms with van der Waals surface area (Å²) in [4.78, 5) is 2.44. The first kappa shape index (κ1) is 10.2. The fourth-order valence-electron chi connectivity index (χ4n) is 2.31. The lowest BCUT2D eigenvalue weighted by Gasteiger charge is -2.13. The minimum atomic E-state index is -0.211. The molecule has 0 bridgehead atoms. The van der Waals surface area contributed by atoms with Crippen LogP contribution in [0.2, 0.25) is 0 Å². The Hall–Kier alpha value is -0.340. The van der Waals surface area contributed by atoms with Gasteiger partial charge < -0.3 is 5.11 Å². The number of aliphatic hydroxyl groups is 1. The highest BCUT2D eigenvalue weighted by Gasteiger charge is 2.20. The molecule has 2 heteroatoms. The van der Waals surface area contributed by atoms with Crippen LogP contribution < -0.4 is 0 Å². The molecule has 14 heavy (non-hydrogen) atoms. The molecule has 0 radical (unpaired) electrons. The number of aliphatic hydroxyl groups excluding tert-OH is 1. The van der Waals surface area contributed by atoms with Crippen LogP contribution in [0.1, 0.15) is 48.0 Å². The van der Waals surface area contributed by atoms with Gasteiger partial charge in [0.1, 0.15) is 0 Å². The molecule has 1 N–H and O–H groups in total. The monoisotopic (exact) mass is 210 g/mol. The number of hydrogen-bond acceptors (Lipinski definition) is 2. The molecule has 2 rings (SSSR count). The molecule has 0 saturated heterocycles. The summed E-state index contributed by atoms with van der Waals surface area (Å²) < 4.78 is 0. The summed E-state index contributed by atoms with van der Waals surface area (Å²) in [5.41, 5.74) is 0. The zero-order valence-electron chi connectivity index (χ0n) is 8.70. The molecule has 1 atom stereocenters. The van der Waals surface area contributed by atoms with Crippen molar-refractivity contribution in [2.24, 2.45) is 5.92 Å². The summed E-state index contributed by atoms with van der Waals surface area (Å²) in [6, 6.07) is 4.16. The lowest BCUT2D eigenvalue weighted by molar-refractivity contribution is 0.148. The Morgan fingerprint density at radius 2 is 2.14 bits per heavy atom. The van der Waals surface area contributed by atoms with Gasteiger partial charge in [-0.2, -0.15) is 0 Å². The van der Waals surface area contributed by atoms with E-state index >= 15 is 0 Å². The second kappa shape index (κ2) is 4.45. The lowest BCUT2D eigenvalue weighted by Crippen LogP contribution is -2.02. The molecule has 1 aliphatic carbocycles. The Morgan fingerprint density at radius 3 is 2.71 bits per heavy atom.